The molecule has 20 heavy (non-hydrogen) atoms. The molecule has 2 aromatic rings. The second kappa shape index (κ2) is 5.17. The minimum absolute atomic E-state index is 0.103. The molecule has 2 aromatic carbocycles. The summed E-state index contributed by atoms with van der Waals surface area (Å²) >= 11 is 0. The highest BCUT2D eigenvalue weighted by atomic mass is 32.2. The summed E-state index contributed by atoms with van der Waals surface area (Å²) in [5, 5.41) is 0. The van der Waals surface area contributed by atoms with Gasteiger partial charge in [0.1, 0.15) is 4.90 Å². The Hall–Kier alpha value is -2.01. The Bertz CT molecular complexity index is 732. The summed E-state index contributed by atoms with van der Waals surface area (Å²) in [7, 11) is -3.68. The van der Waals surface area contributed by atoms with Gasteiger partial charge in [0.15, 0.2) is 0 Å². The maximum Gasteiger partial charge on any atom is 0.263 e. The van der Waals surface area contributed by atoms with E-state index in [1.165, 1.54) is 6.07 Å². The van der Waals surface area contributed by atoms with Crippen LogP contribution < -0.4 is 10.5 Å². The summed E-state index contributed by atoms with van der Waals surface area (Å²) in [6.45, 7) is 5.60. The van der Waals surface area contributed by atoms with Gasteiger partial charge < -0.3 is 5.73 Å². The van der Waals surface area contributed by atoms with E-state index in [2.05, 4.69) is 4.72 Å². The molecular formula is C15H18N2O2S. The average Bonchev–Trinajstić information content (AvgIpc) is 2.33. The van der Waals surface area contributed by atoms with Crippen LogP contribution in [0.2, 0.25) is 0 Å². The maximum atomic E-state index is 12.4. The van der Waals surface area contributed by atoms with Gasteiger partial charge in [-0.3, -0.25) is 4.72 Å². The van der Waals surface area contributed by atoms with Gasteiger partial charge in [-0.15, -0.1) is 0 Å². The molecule has 0 aliphatic carbocycles. The molecule has 0 aliphatic heterocycles. The first kappa shape index (κ1) is 14.4. The molecule has 0 aromatic heterocycles. The van der Waals surface area contributed by atoms with Crippen LogP contribution in [-0.2, 0) is 10.0 Å². The highest BCUT2D eigenvalue weighted by molar-refractivity contribution is 7.92. The molecule has 0 fully saturated rings. The van der Waals surface area contributed by atoms with E-state index in [9.17, 15) is 8.42 Å². The quantitative estimate of drug-likeness (QED) is 0.854. The normalized spacial score (nSPS) is 11.3. The molecule has 0 radical (unpaired) electrons. The van der Waals surface area contributed by atoms with Crippen LogP contribution in [0.15, 0.2) is 41.3 Å². The van der Waals surface area contributed by atoms with Crippen molar-refractivity contribution in [1.82, 2.24) is 0 Å². The van der Waals surface area contributed by atoms with Gasteiger partial charge in [-0.2, -0.15) is 0 Å². The van der Waals surface area contributed by atoms with E-state index in [0.29, 0.717) is 5.69 Å². The first-order valence-electron chi connectivity index (χ1n) is 6.26. The molecule has 0 heterocycles. The fourth-order valence-corrected chi connectivity index (χ4v) is 3.39. The third-order valence-electron chi connectivity index (χ3n) is 3.17. The zero-order chi connectivity index (χ0) is 14.9. The van der Waals surface area contributed by atoms with Crippen LogP contribution >= 0.6 is 0 Å². The third kappa shape index (κ3) is 2.77. The number of nitrogens with two attached hydrogens (primary N) is 1. The second-order valence-electron chi connectivity index (χ2n) is 4.91. The van der Waals surface area contributed by atoms with Gasteiger partial charge in [0.05, 0.1) is 11.4 Å². The molecule has 0 unspecified atom stereocenters. The van der Waals surface area contributed by atoms with Crippen molar-refractivity contribution in [3.63, 3.8) is 0 Å². The molecule has 0 saturated carbocycles. The number of rotatable bonds is 3. The first-order valence-corrected chi connectivity index (χ1v) is 7.75. The van der Waals surface area contributed by atoms with E-state index in [-0.39, 0.29) is 10.6 Å². The molecule has 4 nitrogen and oxygen atoms in total. The van der Waals surface area contributed by atoms with Gasteiger partial charge in [-0.25, -0.2) is 8.42 Å². The van der Waals surface area contributed by atoms with Gasteiger partial charge in [-0.1, -0.05) is 24.3 Å². The van der Waals surface area contributed by atoms with Crippen LogP contribution in [-0.4, -0.2) is 8.42 Å². The Morgan fingerprint density at radius 3 is 2.15 bits per heavy atom. The summed E-state index contributed by atoms with van der Waals surface area (Å²) in [4.78, 5) is 0.103. The number of nitrogens with one attached hydrogen (secondary N) is 1. The number of hydrogen-bond acceptors (Lipinski definition) is 3. The summed E-state index contributed by atoms with van der Waals surface area (Å²) in [5.41, 5.74) is 9.35. The minimum Gasteiger partial charge on any atom is -0.398 e. The van der Waals surface area contributed by atoms with Gasteiger partial charge in [0.25, 0.3) is 10.0 Å². The Kier molecular flexibility index (Phi) is 3.72. The van der Waals surface area contributed by atoms with Gasteiger partial charge >= 0.3 is 0 Å². The number of aryl methyl sites for hydroxylation is 3. The highest BCUT2D eigenvalue weighted by Gasteiger charge is 2.19. The van der Waals surface area contributed by atoms with Crippen molar-refractivity contribution >= 4 is 21.4 Å². The fourth-order valence-electron chi connectivity index (χ4n) is 2.08. The van der Waals surface area contributed by atoms with E-state index in [4.69, 9.17) is 5.73 Å². The van der Waals surface area contributed by atoms with Crippen molar-refractivity contribution in [1.29, 1.82) is 0 Å². The van der Waals surface area contributed by atoms with E-state index < -0.39 is 10.0 Å². The van der Waals surface area contributed by atoms with Crippen molar-refractivity contribution in [2.75, 3.05) is 10.5 Å². The van der Waals surface area contributed by atoms with Gasteiger partial charge in [-0.05, 0) is 49.6 Å². The molecule has 0 spiro atoms. The van der Waals surface area contributed by atoms with Gasteiger partial charge in [0.2, 0.25) is 0 Å². The zero-order valence-electron chi connectivity index (χ0n) is 11.8. The number of para-hydroxylation sites is 1. The molecule has 0 bridgehead atoms. The monoisotopic (exact) mass is 290 g/mol. The van der Waals surface area contributed by atoms with Crippen molar-refractivity contribution in [2.24, 2.45) is 0 Å². The molecule has 0 atom stereocenters. The lowest BCUT2D eigenvalue weighted by atomic mass is 10.1. The van der Waals surface area contributed by atoms with Crippen molar-refractivity contribution in [3.05, 3.63) is 53.1 Å². The van der Waals surface area contributed by atoms with Crippen LogP contribution in [0.3, 0.4) is 0 Å². The molecule has 3 N–H and O–H groups in total. The van der Waals surface area contributed by atoms with Crippen LogP contribution in [0.4, 0.5) is 11.4 Å². The zero-order valence-corrected chi connectivity index (χ0v) is 12.6. The lowest BCUT2D eigenvalue weighted by Gasteiger charge is -2.14. The number of sulfonamides is 1. The summed E-state index contributed by atoms with van der Waals surface area (Å²) in [6, 6.07) is 10.5. The SMILES string of the molecule is Cc1ccc(S(=O)(=O)Nc2c(C)cccc2C)c(N)c1. The predicted molar refractivity (Wildman–Crippen MR) is 82.3 cm³/mol. The lowest BCUT2D eigenvalue weighted by molar-refractivity contribution is 0.601. The fraction of sp³-hybridized carbons (Fsp3) is 0.200. The molecule has 5 heteroatoms. The minimum atomic E-state index is -3.68. The van der Waals surface area contributed by atoms with Crippen molar-refractivity contribution in [3.8, 4) is 0 Å². The van der Waals surface area contributed by atoms with Crippen molar-refractivity contribution < 1.29 is 8.42 Å². The number of hydrogen-bond donors (Lipinski definition) is 2. The third-order valence-corrected chi connectivity index (χ3v) is 4.60. The number of benzene rings is 2. The van der Waals surface area contributed by atoms with E-state index >= 15 is 0 Å². The Labute approximate surface area is 119 Å². The van der Waals surface area contributed by atoms with Crippen LogP contribution in [0.25, 0.3) is 0 Å². The van der Waals surface area contributed by atoms with E-state index in [1.807, 2.05) is 39.0 Å². The van der Waals surface area contributed by atoms with E-state index in [1.54, 1.807) is 12.1 Å². The van der Waals surface area contributed by atoms with Gasteiger partial charge in [0, 0.05) is 0 Å². The largest absolute Gasteiger partial charge is 0.398 e. The van der Waals surface area contributed by atoms with Crippen LogP contribution in [0.5, 0.6) is 0 Å². The topological polar surface area (TPSA) is 72.2 Å². The smallest absolute Gasteiger partial charge is 0.263 e. The van der Waals surface area contributed by atoms with Crippen LogP contribution in [0.1, 0.15) is 16.7 Å². The molecular weight excluding hydrogens is 272 g/mol. The summed E-state index contributed by atoms with van der Waals surface area (Å²) in [6.07, 6.45) is 0. The maximum absolute atomic E-state index is 12.4. The Morgan fingerprint density at radius 1 is 1.00 bits per heavy atom. The summed E-state index contributed by atoms with van der Waals surface area (Å²) in [5.74, 6) is 0. The predicted octanol–water partition coefficient (Wildman–Crippen LogP) is 2.99. The molecule has 0 saturated heterocycles. The highest BCUT2D eigenvalue weighted by Crippen LogP contribution is 2.26. The summed E-state index contributed by atoms with van der Waals surface area (Å²) < 4.78 is 27.5. The second-order valence-corrected chi connectivity index (χ2v) is 6.56. The molecule has 2 rings (SSSR count). The number of anilines is 2. The first-order chi connectivity index (χ1) is 9.31. The lowest BCUT2D eigenvalue weighted by Crippen LogP contribution is -2.16. The van der Waals surface area contributed by atoms with Crippen molar-refractivity contribution in [2.45, 2.75) is 25.7 Å². The Balaban J connectivity index is 2.46. The molecule has 0 aliphatic rings. The molecule has 106 valence electrons. The number of nitrogen functional groups attached to an aromatic ring is 1. The standard InChI is InChI=1S/C15H18N2O2S/c1-10-7-8-14(13(16)9-10)20(18,19)17-15-11(2)5-4-6-12(15)3/h4-9,17H,16H2,1-3H3. The van der Waals surface area contributed by atoms with E-state index in [0.717, 1.165) is 16.7 Å². The average molecular weight is 290 g/mol. The Morgan fingerprint density at radius 2 is 1.60 bits per heavy atom. The van der Waals surface area contributed by atoms with Crippen LogP contribution in [0, 0.1) is 20.8 Å². The molecule has 0 amide bonds.